The molecule has 0 aromatic carbocycles. The van der Waals surface area contributed by atoms with Crippen molar-refractivity contribution in [3.05, 3.63) is 18.0 Å². The molecule has 0 aliphatic carbocycles. The summed E-state index contributed by atoms with van der Waals surface area (Å²) in [5, 5.41) is 7.08. The van der Waals surface area contributed by atoms with Gasteiger partial charge in [-0.15, -0.1) is 24.0 Å². The second-order valence-electron chi connectivity index (χ2n) is 7.90. The van der Waals surface area contributed by atoms with Gasteiger partial charge in [0, 0.05) is 45.3 Å². The standard InChI is InChI=1S/C19H34N6O3S.HI/c1-3-20-19(21-8-4-17-5-9-23(2)10-6-17)24-11-13-25(14-12-24)29(26,27)16-18-7-15-28-22-18;/h7,15,17H,3-6,8-14,16H2,1-2H3,(H,20,21);1H. The Labute approximate surface area is 197 Å². The number of aliphatic imine (C=N–C) groups is 1. The molecule has 3 heterocycles. The minimum atomic E-state index is -3.38. The van der Waals surface area contributed by atoms with E-state index >= 15 is 0 Å². The third-order valence-corrected chi connectivity index (χ3v) is 7.54. The first-order chi connectivity index (χ1) is 14.0. The number of nitrogens with zero attached hydrogens (tertiary/aromatic N) is 5. The number of likely N-dealkylation sites (tertiary alicyclic amines) is 1. The van der Waals surface area contributed by atoms with E-state index in [1.807, 2.05) is 0 Å². The summed E-state index contributed by atoms with van der Waals surface area (Å²) in [7, 11) is -1.20. The van der Waals surface area contributed by atoms with E-state index in [9.17, 15) is 8.42 Å². The molecule has 2 aliphatic heterocycles. The monoisotopic (exact) mass is 554 g/mol. The minimum Gasteiger partial charge on any atom is -0.364 e. The zero-order valence-corrected chi connectivity index (χ0v) is 21.1. The Morgan fingerprint density at radius 3 is 2.53 bits per heavy atom. The lowest BCUT2D eigenvalue weighted by atomic mass is 9.94. The number of hydrogen-bond donors (Lipinski definition) is 1. The van der Waals surface area contributed by atoms with E-state index in [0.29, 0.717) is 31.9 Å². The predicted molar refractivity (Wildman–Crippen MR) is 129 cm³/mol. The summed E-state index contributed by atoms with van der Waals surface area (Å²) in [6.45, 7) is 8.23. The number of sulfonamides is 1. The number of nitrogens with one attached hydrogen (secondary N) is 1. The number of guanidine groups is 1. The van der Waals surface area contributed by atoms with Crippen molar-refractivity contribution in [1.29, 1.82) is 0 Å². The smallest absolute Gasteiger partial charge is 0.220 e. The number of halogens is 1. The molecule has 0 spiro atoms. The maximum Gasteiger partial charge on any atom is 0.220 e. The van der Waals surface area contributed by atoms with E-state index in [0.717, 1.165) is 31.4 Å². The van der Waals surface area contributed by atoms with Crippen LogP contribution in [0, 0.1) is 5.92 Å². The first-order valence-electron chi connectivity index (χ1n) is 10.6. The van der Waals surface area contributed by atoms with Gasteiger partial charge in [0.1, 0.15) is 12.0 Å². The molecular weight excluding hydrogens is 519 g/mol. The van der Waals surface area contributed by atoms with Gasteiger partial charge in [0.05, 0.1) is 5.69 Å². The Balaban J connectivity index is 0.00000320. The molecule has 0 unspecified atom stereocenters. The summed E-state index contributed by atoms with van der Waals surface area (Å²) >= 11 is 0. The molecule has 9 nitrogen and oxygen atoms in total. The van der Waals surface area contributed by atoms with Crippen molar-refractivity contribution in [1.82, 2.24) is 24.6 Å². The summed E-state index contributed by atoms with van der Waals surface area (Å²) in [5.41, 5.74) is 0.441. The Kier molecular flexibility index (Phi) is 10.3. The largest absolute Gasteiger partial charge is 0.364 e. The second-order valence-corrected chi connectivity index (χ2v) is 9.87. The van der Waals surface area contributed by atoms with Crippen molar-refractivity contribution in [2.45, 2.75) is 31.9 Å². The predicted octanol–water partition coefficient (Wildman–Crippen LogP) is 1.44. The van der Waals surface area contributed by atoms with Gasteiger partial charge < -0.3 is 19.6 Å². The molecule has 0 atom stereocenters. The van der Waals surface area contributed by atoms with Crippen molar-refractivity contribution in [2.75, 3.05) is 59.4 Å². The summed E-state index contributed by atoms with van der Waals surface area (Å²) in [5.74, 6) is 1.54. The van der Waals surface area contributed by atoms with Crippen molar-refractivity contribution in [2.24, 2.45) is 10.9 Å². The average Bonchev–Trinajstić information content (AvgIpc) is 3.21. The molecule has 30 heavy (non-hydrogen) atoms. The number of piperidine rings is 1. The van der Waals surface area contributed by atoms with Crippen molar-refractivity contribution >= 4 is 40.0 Å². The molecule has 2 saturated heterocycles. The van der Waals surface area contributed by atoms with E-state index in [-0.39, 0.29) is 29.7 Å². The fourth-order valence-electron chi connectivity index (χ4n) is 3.90. The molecule has 11 heteroatoms. The van der Waals surface area contributed by atoms with Crippen LogP contribution in [0.1, 0.15) is 31.9 Å². The van der Waals surface area contributed by atoms with Crippen LogP contribution in [-0.4, -0.2) is 93.0 Å². The van der Waals surface area contributed by atoms with Gasteiger partial charge in [-0.05, 0) is 52.2 Å². The van der Waals surface area contributed by atoms with Crippen LogP contribution in [0.4, 0.5) is 0 Å². The topological polar surface area (TPSA) is 94.3 Å². The molecule has 1 aromatic heterocycles. The first-order valence-corrected chi connectivity index (χ1v) is 12.2. The summed E-state index contributed by atoms with van der Waals surface area (Å²) in [6.07, 6.45) is 5.03. The van der Waals surface area contributed by atoms with Gasteiger partial charge in [0.15, 0.2) is 5.96 Å². The third kappa shape index (κ3) is 7.34. The molecule has 0 bridgehead atoms. The normalized spacial score (nSPS) is 20.2. The molecule has 3 rings (SSSR count). The van der Waals surface area contributed by atoms with E-state index in [2.05, 4.69) is 34.2 Å². The fourth-order valence-corrected chi connectivity index (χ4v) is 5.32. The third-order valence-electron chi connectivity index (χ3n) is 5.73. The molecular formula is C19H35IN6O3S. The fraction of sp³-hybridized carbons (Fsp3) is 0.789. The van der Waals surface area contributed by atoms with Crippen molar-refractivity contribution < 1.29 is 12.9 Å². The van der Waals surface area contributed by atoms with Crippen molar-refractivity contribution in [3.8, 4) is 0 Å². The van der Waals surface area contributed by atoms with Gasteiger partial charge in [-0.1, -0.05) is 5.16 Å². The lowest BCUT2D eigenvalue weighted by Gasteiger charge is -2.36. The van der Waals surface area contributed by atoms with Gasteiger partial charge in [0.2, 0.25) is 10.0 Å². The van der Waals surface area contributed by atoms with Crippen molar-refractivity contribution in [3.63, 3.8) is 0 Å². The zero-order valence-electron chi connectivity index (χ0n) is 18.0. The quantitative estimate of drug-likeness (QED) is 0.310. The number of piperazine rings is 1. The number of aromatic nitrogens is 1. The van der Waals surface area contributed by atoms with E-state index in [1.165, 1.54) is 32.2 Å². The van der Waals surface area contributed by atoms with Crippen LogP contribution in [0.2, 0.25) is 0 Å². The van der Waals surface area contributed by atoms with Crippen LogP contribution >= 0.6 is 24.0 Å². The van der Waals surface area contributed by atoms with E-state index < -0.39 is 10.0 Å². The molecule has 2 fully saturated rings. The second kappa shape index (κ2) is 12.2. The van der Waals surface area contributed by atoms with Gasteiger partial charge in [0.25, 0.3) is 0 Å². The average molecular weight is 554 g/mol. The molecule has 1 N–H and O–H groups in total. The molecule has 0 radical (unpaired) electrons. The van der Waals surface area contributed by atoms with Crippen LogP contribution in [0.5, 0.6) is 0 Å². The van der Waals surface area contributed by atoms with Crippen LogP contribution in [-0.2, 0) is 15.8 Å². The highest BCUT2D eigenvalue weighted by Crippen LogP contribution is 2.19. The van der Waals surface area contributed by atoms with Gasteiger partial charge in [-0.3, -0.25) is 4.99 Å². The Bertz CT molecular complexity index is 742. The summed E-state index contributed by atoms with van der Waals surface area (Å²) < 4.78 is 31.5. The first kappa shape index (κ1) is 25.3. The lowest BCUT2D eigenvalue weighted by molar-refractivity contribution is 0.214. The highest BCUT2D eigenvalue weighted by Gasteiger charge is 2.29. The van der Waals surface area contributed by atoms with E-state index in [4.69, 9.17) is 9.52 Å². The molecule has 0 amide bonds. The molecule has 0 saturated carbocycles. The van der Waals surface area contributed by atoms with Crippen LogP contribution in [0.25, 0.3) is 0 Å². The summed E-state index contributed by atoms with van der Waals surface area (Å²) in [6, 6.07) is 1.59. The van der Waals surface area contributed by atoms with Crippen LogP contribution in [0.3, 0.4) is 0 Å². The highest BCUT2D eigenvalue weighted by molar-refractivity contribution is 14.0. The minimum absolute atomic E-state index is 0. The lowest BCUT2D eigenvalue weighted by Crippen LogP contribution is -2.54. The zero-order chi connectivity index (χ0) is 20.7. The Morgan fingerprint density at radius 1 is 1.23 bits per heavy atom. The molecule has 172 valence electrons. The SMILES string of the molecule is CCNC(=NCCC1CCN(C)CC1)N1CCN(S(=O)(=O)Cc2ccon2)CC1.I. The van der Waals surface area contributed by atoms with E-state index in [1.54, 1.807) is 10.4 Å². The van der Waals surface area contributed by atoms with Crippen LogP contribution in [0.15, 0.2) is 21.8 Å². The maximum atomic E-state index is 12.6. The maximum absolute atomic E-state index is 12.6. The number of rotatable bonds is 7. The molecule has 1 aromatic rings. The Hall–Kier alpha value is -0.920. The van der Waals surface area contributed by atoms with Gasteiger partial charge >= 0.3 is 0 Å². The number of hydrogen-bond acceptors (Lipinski definition) is 6. The summed E-state index contributed by atoms with van der Waals surface area (Å²) in [4.78, 5) is 9.38. The molecule has 2 aliphatic rings. The van der Waals surface area contributed by atoms with Gasteiger partial charge in [-0.2, -0.15) is 4.31 Å². The van der Waals surface area contributed by atoms with Gasteiger partial charge in [-0.25, -0.2) is 8.42 Å². The Morgan fingerprint density at radius 2 is 1.93 bits per heavy atom. The van der Waals surface area contributed by atoms with Crippen LogP contribution < -0.4 is 5.32 Å². The highest BCUT2D eigenvalue weighted by atomic mass is 127.